The molecule has 118 valence electrons. The predicted molar refractivity (Wildman–Crippen MR) is 100.0 cm³/mol. The number of allylic oxidation sites excluding steroid dienone is 1. The lowest BCUT2D eigenvalue weighted by atomic mass is 9.65. The summed E-state index contributed by atoms with van der Waals surface area (Å²) in [4.78, 5) is 2.35. The molecule has 0 amide bonds. The number of hydrogen-bond donors (Lipinski definition) is 0. The van der Waals surface area contributed by atoms with Crippen LogP contribution in [-0.4, -0.2) is 25.5 Å². The fraction of sp³-hybridized carbons (Fsp3) is 0.474. The van der Waals surface area contributed by atoms with Crippen LogP contribution in [0.2, 0.25) is 0 Å². The minimum atomic E-state index is 0. The molecule has 0 unspecified atom stereocenters. The van der Waals surface area contributed by atoms with Crippen LogP contribution in [0.25, 0.3) is 15.7 Å². The molecule has 3 aliphatic rings. The van der Waals surface area contributed by atoms with Gasteiger partial charge in [0.05, 0.1) is 0 Å². The zero-order valence-electron chi connectivity index (χ0n) is 13.3. The molecule has 3 heteroatoms. The molecule has 3 aliphatic carbocycles. The monoisotopic (exact) mass is 333 g/mol. The molecule has 1 heterocycles. The van der Waals surface area contributed by atoms with E-state index in [9.17, 15) is 0 Å². The fourth-order valence-electron chi connectivity index (χ4n) is 4.39. The summed E-state index contributed by atoms with van der Waals surface area (Å²) in [6, 6.07) is 9.19. The van der Waals surface area contributed by atoms with Gasteiger partial charge in [-0.25, -0.2) is 0 Å². The van der Waals surface area contributed by atoms with Gasteiger partial charge >= 0.3 is 0 Å². The fourth-order valence-corrected chi connectivity index (χ4v) is 5.20. The number of thiophene rings is 1. The molecular weight excluding hydrogens is 310 g/mol. The topological polar surface area (TPSA) is 3.24 Å². The zero-order valence-corrected chi connectivity index (χ0v) is 15.0. The van der Waals surface area contributed by atoms with Gasteiger partial charge in [-0.3, -0.25) is 0 Å². The van der Waals surface area contributed by atoms with E-state index < -0.39 is 0 Å². The first kappa shape index (κ1) is 16.0. The van der Waals surface area contributed by atoms with E-state index in [0.717, 1.165) is 18.4 Å². The third kappa shape index (κ3) is 2.62. The summed E-state index contributed by atoms with van der Waals surface area (Å²) in [5, 5.41) is 3.71. The maximum absolute atomic E-state index is 2.36. The third-order valence-corrected chi connectivity index (χ3v) is 6.13. The van der Waals surface area contributed by atoms with Gasteiger partial charge in [0, 0.05) is 11.2 Å². The molecule has 1 saturated carbocycles. The normalized spacial score (nSPS) is 24.1. The highest BCUT2D eigenvalue weighted by Gasteiger charge is 2.35. The van der Waals surface area contributed by atoms with Gasteiger partial charge in [0.15, 0.2) is 0 Å². The molecule has 5 rings (SSSR count). The van der Waals surface area contributed by atoms with E-state index in [0.29, 0.717) is 0 Å². The minimum absolute atomic E-state index is 0. The SMILES string of the molecule is CN(C)CC1=C(c2cccc3sccc23)C2CCC1CC2.Cl. The van der Waals surface area contributed by atoms with Gasteiger partial charge < -0.3 is 4.90 Å². The first-order valence-electron chi connectivity index (χ1n) is 8.08. The highest BCUT2D eigenvalue weighted by molar-refractivity contribution is 7.17. The largest absolute Gasteiger partial charge is 0.305 e. The van der Waals surface area contributed by atoms with Crippen molar-refractivity contribution in [1.82, 2.24) is 4.90 Å². The average molecular weight is 334 g/mol. The summed E-state index contributed by atoms with van der Waals surface area (Å²) in [7, 11) is 4.41. The molecular formula is C19H24ClNS. The Morgan fingerprint density at radius 1 is 1.05 bits per heavy atom. The predicted octanol–water partition coefficient (Wildman–Crippen LogP) is 5.46. The van der Waals surface area contributed by atoms with Crippen LogP contribution in [0.1, 0.15) is 31.2 Å². The van der Waals surface area contributed by atoms with Gasteiger partial charge in [-0.15, -0.1) is 23.7 Å². The first-order chi connectivity index (χ1) is 10.2. The average Bonchev–Trinajstić information content (AvgIpc) is 2.96. The Labute approximate surface area is 143 Å². The summed E-state index contributed by atoms with van der Waals surface area (Å²) < 4.78 is 1.44. The standard InChI is InChI=1S/C19H23NS.ClH/c1-20(2)12-17-13-6-8-14(9-7-13)19(17)16-4-3-5-18-15(16)10-11-21-18;/h3-5,10-11,13-14H,6-9,12H2,1-2H3;1H. The van der Waals surface area contributed by atoms with Crippen LogP contribution in [0, 0.1) is 11.8 Å². The van der Waals surface area contributed by atoms with Crippen molar-refractivity contribution >= 4 is 39.4 Å². The summed E-state index contributed by atoms with van der Waals surface area (Å²) in [6.07, 6.45) is 5.63. The lowest BCUT2D eigenvalue weighted by Crippen LogP contribution is -2.31. The number of hydrogen-bond acceptors (Lipinski definition) is 2. The molecule has 1 aromatic carbocycles. The summed E-state index contributed by atoms with van der Waals surface area (Å²) in [5.74, 6) is 1.64. The van der Waals surface area contributed by atoms with Crippen LogP contribution in [0.3, 0.4) is 0 Å². The maximum Gasteiger partial charge on any atom is 0.0348 e. The molecule has 0 N–H and O–H groups in total. The van der Waals surface area contributed by atoms with Crippen molar-refractivity contribution in [2.75, 3.05) is 20.6 Å². The zero-order chi connectivity index (χ0) is 14.4. The van der Waals surface area contributed by atoms with Crippen molar-refractivity contribution in [3.63, 3.8) is 0 Å². The molecule has 1 fully saturated rings. The molecule has 0 radical (unpaired) electrons. The van der Waals surface area contributed by atoms with E-state index in [2.05, 4.69) is 48.6 Å². The molecule has 0 aliphatic heterocycles. The van der Waals surface area contributed by atoms with E-state index in [1.165, 1.54) is 41.3 Å². The molecule has 1 nitrogen and oxygen atoms in total. The Hall–Kier alpha value is -0.830. The molecule has 2 bridgehead atoms. The number of halogens is 1. The second kappa shape index (κ2) is 6.35. The van der Waals surface area contributed by atoms with Crippen molar-refractivity contribution in [2.45, 2.75) is 25.7 Å². The van der Waals surface area contributed by atoms with E-state index in [-0.39, 0.29) is 12.4 Å². The van der Waals surface area contributed by atoms with Crippen molar-refractivity contribution in [2.24, 2.45) is 11.8 Å². The molecule has 0 saturated heterocycles. The van der Waals surface area contributed by atoms with Gasteiger partial charge in [0.1, 0.15) is 0 Å². The highest BCUT2D eigenvalue weighted by atomic mass is 35.5. The third-order valence-electron chi connectivity index (χ3n) is 5.25. The Balaban J connectivity index is 0.00000144. The quantitative estimate of drug-likeness (QED) is 0.721. The molecule has 22 heavy (non-hydrogen) atoms. The van der Waals surface area contributed by atoms with E-state index in [1.807, 2.05) is 11.3 Å². The molecule has 0 atom stereocenters. The highest BCUT2D eigenvalue weighted by Crippen LogP contribution is 2.50. The summed E-state index contributed by atoms with van der Waals surface area (Å²) >= 11 is 1.87. The first-order valence-corrected chi connectivity index (χ1v) is 8.96. The molecule has 2 aromatic rings. The van der Waals surface area contributed by atoms with Gasteiger partial charge in [0.2, 0.25) is 0 Å². The second-order valence-electron chi connectivity index (χ2n) is 6.86. The number of rotatable bonds is 3. The van der Waals surface area contributed by atoms with Crippen LogP contribution in [-0.2, 0) is 0 Å². The van der Waals surface area contributed by atoms with Gasteiger partial charge in [-0.2, -0.15) is 0 Å². The Morgan fingerprint density at radius 2 is 1.77 bits per heavy atom. The Morgan fingerprint density at radius 3 is 2.50 bits per heavy atom. The number of fused-ring (bicyclic) bond motifs is 3. The summed E-state index contributed by atoms with van der Waals surface area (Å²) in [6.45, 7) is 1.14. The van der Waals surface area contributed by atoms with Gasteiger partial charge in [0.25, 0.3) is 0 Å². The lowest BCUT2D eigenvalue weighted by Gasteiger charge is -2.41. The Kier molecular flexibility index (Phi) is 4.63. The van der Waals surface area contributed by atoms with Crippen molar-refractivity contribution < 1.29 is 0 Å². The van der Waals surface area contributed by atoms with Crippen LogP contribution in [0.4, 0.5) is 0 Å². The Bertz CT molecular complexity index is 692. The van der Waals surface area contributed by atoms with E-state index >= 15 is 0 Å². The van der Waals surface area contributed by atoms with E-state index in [1.54, 1.807) is 11.1 Å². The lowest BCUT2D eigenvalue weighted by molar-refractivity contribution is 0.299. The maximum atomic E-state index is 2.36. The van der Waals surface area contributed by atoms with Gasteiger partial charge in [-0.1, -0.05) is 12.1 Å². The molecule has 0 spiro atoms. The van der Waals surface area contributed by atoms with Crippen LogP contribution in [0.15, 0.2) is 35.2 Å². The van der Waals surface area contributed by atoms with Crippen molar-refractivity contribution in [3.05, 3.63) is 40.8 Å². The number of benzene rings is 1. The van der Waals surface area contributed by atoms with Crippen molar-refractivity contribution in [1.29, 1.82) is 0 Å². The molecule has 1 aromatic heterocycles. The number of likely N-dealkylation sites (N-methyl/N-ethyl adjacent to an activating group) is 1. The minimum Gasteiger partial charge on any atom is -0.305 e. The smallest absolute Gasteiger partial charge is 0.0348 e. The van der Waals surface area contributed by atoms with Gasteiger partial charge in [-0.05, 0) is 91.2 Å². The number of nitrogens with zero attached hydrogens (tertiary/aromatic N) is 1. The second-order valence-corrected chi connectivity index (χ2v) is 7.81. The van der Waals surface area contributed by atoms with Crippen molar-refractivity contribution in [3.8, 4) is 0 Å². The van der Waals surface area contributed by atoms with Crippen LogP contribution < -0.4 is 0 Å². The van der Waals surface area contributed by atoms with E-state index in [4.69, 9.17) is 0 Å². The van der Waals surface area contributed by atoms with Crippen LogP contribution >= 0.6 is 23.7 Å². The summed E-state index contributed by atoms with van der Waals surface area (Å²) in [5.41, 5.74) is 4.97. The van der Waals surface area contributed by atoms with Crippen LogP contribution in [0.5, 0.6) is 0 Å².